The number of methoxy groups -OCH3 is 3. The Balaban J connectivity index is 2.02. The van der Waals surface area contributed by atoms with Crippen molar-refractivity contribution in [3.05, 3.63) is 46.7 Å². The summed E-state index contributed by atoms with van der Waals surface area (Å²) in [4.78, 5) is 0. The molecule has 2 N–H and O–H groups in total. The van der Waals surface area contributed by atoms with Crippen molar-refractivity contribution in [3.8, 4) is 34.4 Å². The molecule has 0 fully saturated rings. The summed E-state index contributed by atoms with van der Waals surface area (Å²) in [6.45, 7) is 0. The van der Waals surface area contributed by atoms with Crippen molar-refractivity contribution in [2.75, 3.05) is 21.3 Å². The first-order valence-corrected chi connectivity index (χ1v) is 8.29. The minimum atomic E-state index is 0.0715. The molecular weight excluding hydrogens is 368 g/mol. The predicted molar refractivity (Wildman–Crippen MR) is 104 cm³/mol. The first kappa shape index (κ1) is 18.5. The van der Waals surface area contributed by atoms with Crippen LogP contribution in [0.15, 0.2) is 41.5 Å². The minimum Gasteiger partial charge on any atom is -0.507 e. The fraction of sp³-hybridized carbons (Fsp3) is 0.167. The number of aromatic amines is 1. The average Bonchev–Trinajstić information content (AvgIpc) is 3.07. The number of hydrogen-bond acceptors (Lipinski definition) is 7. The first-order chi connectivity index (χ1) is 13.1. The van der Waals surface area contributed by atoms with E-state index in [0.717, 1.165) is 5.56 Å². The van der Waals surface area contributed by atoms with Crippen LogP contribution < -0.4 is 14.2 Å². The van der Waals surface area contributed by atoms with Gasteiger partial charge in [-0.3, -0.25) is 0 Å². The molecule has 0 aliphatic rings. The number of nitrogens with one attached hydrogen (secondary N) is 1. The summed E-state index contributed by atoms with van der Waals surface area (Å²) >= 11 is 5.27. The molecule has 0 aliphatic heterocycles. The smallest absolute Gasteiger partial charge is 0.216 e. The van der Waals surface area contributed by atoms with Gasteiger partial charge in [0.15, 0.2) is 17.3 Å². The van der Waals surface area contributed by atoms with E-state index in [9.17, 15) is 5.11 Å². The van der Waals surface area contributed by atoms with Crippen LogP contribution in [0.25, 0.3) is 11.4 Å². The predicted octanol–water partition coefficient (Wildman–Crippen LogP) is 3.22. The molecule has 0 amide bonds. The molecule has 27 heavy (non-hydrogen) atoms. The zero-order valence-corrected chi connectivity index (χ0v) is 15.8. The molecule has 1 aromatic heterocycles. The van der Waals surface area contributed by atoms with Crippen LogP contribution in [0.1, 0.15) is 5.56 Å². The number of benzene rings is 2. The highest BCUT2D eigenvalue weighted by molar-refractivity contribution is 7.71. The lowest BCUT2D eigenvalue weighted by atomic mass is 10.2. The molecule has 1 heterocycles. The minimum absolute atomic E-state index is 0.0715. The number of H-pyrrole nitrogens is 1. The zero-order chi connectivity index (χ0) is 19.4. The Hall–Kier alpha value is -3.33. The molecule has 0 saturated carbocycles. The summed E-state index contributed by atoms with van der Waals surface area (Å²) < 4.78 is 17.5. The van der Waals surface area contributed by atoms with Crippen molar-refractivity contribution in [1.82, 2.24) is 14.9 Å². The highest BCUT2D eigenvalue weighted by Gasteiger charge is 2.12. The van der Waals surface area contributed by atoms with Crippen LogP contribution in [0, 0.1) is 4.77 Å². The van der Waals surface area contributed by atoms with Gasteiger partial charge in [-0.1, -0.05) is 0 Å². The van der Waals surface area contributed by atoms with Crippen LogP contribution in [0.4, 0.5) is 0 Å². The normalized spacial score (nSPS) is 10.9. The van der Waals surface area contributed by atoms with E-state index in [0.29, 0.717) is 33.4 Å². The van der Waals surface area contributed by atoms with Crippen molar-refractivity contribution >= 4 is 18.4 Å². The van der Waals surface area contributed by atoms with Crippen molar-refractivity contribution in [3.63, 3.8) is 0 Å². The SMILES string of the molecule is COc1ccc(O)c(/C=N/n2c(-c3ccc(OC)c(OC)c3)n[nH]c2=S)c1. The quantitative estimate of drug-likeness (QED) is 0.499. The first-order valence-electron chi connectivity index (χ1n) is 7.88. The summed E-state index contributed by atoms with van der Waals surface area (Å²) in [6.07, 6.45) is 1.48. The van der Waals surface area contributed by atoms with Crippen molar-refractivity contribution < 1.29 is 19.3 Å². The van der Waals surface area contributed by atoms with Crippen molar-refractivity contribution in [2.24, 2.45) is 5.10 Å². The summed E-state index contributed by atoms with van der Waals surface area (Å²) in [7, 11) is 4.68. The Morgan fingerprint density at radius 3 is 2.56 bits per heavy atom. The van der Waals surface area contributed by atoms with E-state index in [4.69, 9.17) is 26.4 Å². The molecule has 0 aliphatic carbocycles. The fourth-order valence-corrected chi connectivity index (χ4v) is 2.62. The Bertz CT molecular complexity index is 1040. The van der Waals surface area contributed by atoms with Gasteiger partial charge in [0.1, 0.15) is 11.5 Å². The van der Waals surface area contributed by atoms with Gasteiger partial charge in [0.2, 0.25) is 4.77 Å². The molecule has 9 heteroatoms. The average molecular weight is 386 g/mol. The lowest BCUT2D eigenvalue weighted by Crippen LogP contribution is -1.97. The summed E-state index contributed by atoms with van der Waals surface area (Å²) in [5.41, 5.74) is 1.21. The van der Waals surface area contributed by atoms with E-state index in [1.54, 1.807) is 45.6 Å². The molecular formula is C18H18N4O4S. The number of rotatable bonds is 6. The van der Waals surface area contributed by atoms with Gasteiger partial charge in [-0.25, -0.2) is 5.10 Å². The fourth-order valence-electron chi connectivity index (χ4n) is 2.44. The Labute approximate surface area is 160 Å². The van der Waals surface area contributed by atoms with Crippen molar-refractivity contribution in [1.29, 1.82) is 0 Å². The molecule has 0 saturated heterocycles. The molecule has 3 rings (SSSR count). The molecule has 0 atom stereocenters. The van der Waals surface area contributed by atoms with Crippen LogP contribution >= 0.6 is 12.2 Å². The Morgan fingerprint density at radius 1 is 1.07 bits per heavy atom. The molecule has 0 spiro atoms. The second kappa shape index (κ2) is 7.92. The van der Waals surface area contributed by atoms with Gasteiger partial charge in [0.25, 0.3) is 0 Å². The molecule has 0 unspecified atom stereocenters. The van der Waals surface area contributed by atoms with Gasteiger partial charge in [0, 0.05) is 11.1 Å². The number of phenols is 1. The molecule has 2 aromatic carbocycles. The largest absolute Gasteiger partial charge is 0.507 e. The van der Waals surface area contributed by atoms with Gasteiger partial charge < -0.3 is 19.3 Å². The van der Waals surface area contributed by atoms with Crippen LogP contribution in [-0.2, 0) is 0 Å². The van der Waals surface area contributed by atoms with Crippen molar-refractivity contribution in [2.45, 2.75) is 0 Å². The second-order valence-corrected chi connectivity index (χ2v) is 5.79. The molecule has 8 nitrogen and oxygen atoms in total. The van der Waals surface area contributed by atoms with E-state index >= 15 is 0 Å². The number of hydrogen-bond donors (Lipinski definition) is 2. The zero-order valence-electron chi connectivity index (χ0n) is 15.0. The van der Waals surface area contributed by atoms with E-state index in [1.807, 2.05) is 6.07 Å². The molecule has 0 radical (unpaired) electrons. The van der Waals surface area contributed by atoms with E-state index in [1.165, 1.54) is 17.0 Å². The third kappa shape index (κ3) is 3.77. The highest BCUT2D eigenvalue weighted by atomic mass is 32.1. The monoisotopic (exact) mass is 386 g/mol. The molecule has 3 aromatic rings. The summed E-state index contributed by atoms with van der Waals surface area (Å²) in [5.74, 6) is 2.32. The van der Waals surface area contributed by atoms with E-state index in [2.05, 4.69) is 15.3 Å². The van der Waals surface area contributed by atoms with Crippen LogP contribution in [0.3, 0.4) is 0 Å². The van der Waals surface area contributed by atoms with Gasteiger partial charge in [0.05, 0.1) is 27.5 Å². The number of nitrogens with zero attached hydrogens (tertiary/aromatic N) is 3. The van der Waals surface area contributed by atoms with E-state index < -0.39 is 0 Å². The van der Waals surface area contributed by atoms with Gasteiger partial charge in [-0.05, 0) is 48.6 Å². The third-order valence-corrected chi connectivity index (χ3v) is 4.10. The lowest BCUT2D eigenvalue weighted by molar-refractivity contribution is 0.355. The van der Waals surface area contributed by atoms with Crippen LogP contribution in [0.5, 0.6) is 23.0 Å². The topological polar surface area (TPSA) is 93.9 Å². The Kier molecular flexibility index (Phi) is 5.41. The van der Waals surface area contributed by atoms with Gasteiger partial charge in [-0.15, -0.1) is 0 Å². The third-order valence-electron chi connectivity index (χ3n) is 3.84. The standard InChI is InChI=1S/C18H18N4O4S/c1-24-13-5-6-14(23)12(8-13)10-19-22-17(20-21-18(22)27)11-4-7-15(25-2)16(9-11)26-3/h4-10,23H,1-3H3,(H,21,27)/b19-10+. The van der Waals surface area contributed by atoms with Gasteiger partial charge >= 0.3 is 0 Å². The maximum atomic E-state index is 10.0. The number of aromatic nitrogens is 3. The maximum Gasteiger partial charge on any atom is 0.216 e. The van der Waals surface area contributed by atoms with Crippen LogP contribution in [-0.4, -0.2) is 47.5 Å². The number of aromatic hydroxyl groups is 1. The van der Waals surface area contributed by atoms with Crippen LogP contribution in [0.2, 0.25) is 0 Å². The highest BCUT2D eigenvalue weighted by Crippen LogP contribution is 2.31. The Morgan fingerprint density at radius 2 is 1.85 bits per heavy atom. The maximum absolute atomic E-state index is 10.0. The molecule has 0 bridgehead atoms. The molecule has 140 valence electrons. The number of ether oxygens (including phenoxy) is 3. The summed E-state index contributed by atoms with van der Waals surface area (Å²) in [5, 5.41) is 21.3. The second-order valence-electron chi connectivity index (χ2n) is 5.40. The summed E-state index contributed by atoms with van der Waals surface area (Å²) in [6, 6.07) is 10.2. The van der Waals surface area contributed by atoms with Gasteiger partial charge in [-0.2, -0.15) is 14.9 Å². The number of phenolic OH excluding ortho intramolecular Hbond substituents is 1. The van der Waals surface area contributed by atoms with E-state index in [-0.39, 0.29) is 5.75 Å². The lowest BCUT2D eigenvalue weighted by Gasteiger charge is -2.09.